The maximum absolute atomic E-state index is 13.5. The van der Waals surface area contributed by atoms with Crippen LogP contribution in [-0.2, 0) is 27.1 Å². The number of carbonyl (C=O) groups is 1. The van der Waals surface area contributed by atoms with Crippen molar-refractivity contribution in [3.63, 3.8) is 0 Å². The van der Waals surface area contributed by atoms with E-state index in [2.05, 4.69) is 79.2 Å². The number of aryl methyl sites for hydroxylation is 4. The van der Waals surface area contributed by atoms with Crippen LogP contribution in [0.1, 0.15) is 66.6 Å². The van der Waals surface area contributed by atoms with Gasteiger partial charge >= 0.3 is 6.09 Å². The Labute approximate surface area is 501 Å². The fraction of sp³-hybridized carbons (Fsp3) is 0.435. The van der Waals surface area contributed by atoms with Crippen LogP contribution in [-0.4, -0.2) is 150 Å². The number of likely N-dealkylation sites (tertiary alicyclic amines) is 1. The number of carbonyl (C=O) groups excluding carboxylic acids is 1. The smallest absolute Gasteiger partial charge is 0.410 e. The van der Waals surface area contributed by atoms with Gasteiger partial charge in [0.1, 0.15) is 51.0 Å². The summed E-state index contributed by atoms with van der Waals surface area (Å²) in [5.41, 5.74) is 13.4. The molecule has 0 saturated carbocycles. The molecule has 14 rings (SSSR count). The van der Waals surface area contributed by atoms with Crippen molar-refractivity contribution < 1.29 is 32.9 Å². The number of hydrogen-bond donors (Lipinski definition) is 2. The van der Waals surface area contributed by atoms with E-state index in [9.17, 15) is 24.1 Å². The maximum atomic E-state index is 13.5. The van der Waals surface area contributed by atoms with E-state index in [0.717, 1.165) is 128 Å². The first kappa shape index (κ1) is 59.0. The molecule has 85 heavy (non-hydrogen) atoms. The normalized spacial score (nSPS) is 18.7. The van der Waals surface area contributed by atoms with Crippen molar-refractivity contribution in [2.75, 3.05) is 112 Å². The summed E-state index contributed by atoms with van der Waals surface area (Å²) in [4.78, 5) is 33.8. The fourth-order valence-corrected chi connectivity index (χ4v) is 13.8. The molecule has 2 spiro atoms. The predicted octanol–water partition coefficient (Wildman–Crippen LogP) is 10.1. The molecule has 1 amide bonds. The second-order valence-corrected chi connectivity index (χ2v) is 24.8. The molecule has 23 heteroatoms. The highest BCUT2D eigenvalue weighted by atomic mass is 32.1. The zero-order valence-corrected chi connectivity index (χ0v) is 49.5. The Morgan fingerprint density at radius 3 is 1.55 bits per heavy atom. The quantitative estimate of drug-likeness (QED) is 0.124. The number of thiazole rings is 2. The summed E-state index contributed by atoms with van der Waals surface area (Å²) in [6.07, 6.45) is 2.55. The van der Waals surface area contributed by atoms with Crippen molar-refractivity contribution in [1.82, 2.24) is 39.4 Å². The van der Waals surface area contributed by atoms with Crippen molar-refractivity contribution >= 4 is 72.8 Å². The Morgan fingerprint density at radius 2 is 1.18 bits per heavy atom. The Hall–Kier alpha value is -7.77. The van der Waals surface area contributed by atoms with E-state index in [1.165, 1.54) is 52.6 Å². The number of aliphatic hydroxyl groups is 1. The number of ether oxygens (including phenoxy) is 3. The largest absolute Gasteiger partial charge is 0.444 e. The van der Waals surface area contributed by atoms with Gasteiger partial charge in [0.15, 0.2) is 10.3 Å². The number of benzene rings is 2. The lowest BCUT2D eigenvalue weighted by Gasteiger charge is -2.60. The number of rotatable bonds is 11. The number of hydrogen-bond acceptors (Lipinski definition) is 18. The van der Waals surface area contributed by atoms with Crippen LogP contribution in [0.15, 0.2) is 72.8 Å². The zero-order valence-electron chi connectivity index (χ0n) is 47.9. The van der Waals surface area contributed by atoms with Crippen molar-refractivity contribution in [2.24, 2.45) is 10.8 Å². The number of nitriles is 2. The van der Waals surface area contributed by atoms with Crippen LogP contribution in [0.4, 0.5) is 46.6 Å². The molecule has 0 bridgehead atoms. The number of nitrogens with zero attached hydrogens (tertiary/aromatic N) is 13. The molecule has 6 fully saturated rings. The van der Waals surface area contributed by atoms with Gasteiger partial charge in [-0.25, -0.2) is 32.6 Å². The second kappa shape index (κ2) is 23.9. The molecule has 19 nitrogen and oxygen atoms in total. The van der Waals surface area contributed by atoms with Gasteiger partial charge in [-0.3, -0.25) is 0 Å². The average Bonchev–Trinajstić information content (AvgIpc) is 2.49. The monoisotopic (exact) mass is 1190 g/mol. The lowest BCUT2D eigenvalue weighted by molar-refractivity contribution is -0.0324. The summed E-state index contributed by atoms with van der Waals surface area (Å²) < 4.78 is 46.7. The van der Waals surface area contributed by atoms with E-state index in [0.29, 0.717) is 75.3 Å². The molecule has 2 N–H and O–H groups in total. The summed E-state index contributed by atoms with van der Waals surface area (Å²) in [5, 5.41) is 42.8. The van der Waals surface area contributed by atoms with Crippen LogP contribution in [0.5, 0.6) is 0 Å². The Morgan fingerprint density at radius 1 is 0.718 bits per heavy atom. The van der Waals surface area contributed by atoms with Gasteiger partial charge in [0.05, 0.1) is 59.7 Å². The van der Waals surface area contributed by atoms with Crippen LogP contribution in [0, 0.1) is 59.0 Å². The Kier molecular flexibility index (Phi) is 16.6. The molecule has 2 atom stereocenters. The molecule has 6 aliphatic heterocycles. The summed E-state index contributed by atoms with van der Waals surface area (Å²) in [7, 11) is 3.93. The first-order valence-corrected chi connectivity index (χ1v) is 30.1. The molecule has 6 aromatic heterocycles. The first-order chi connectivity index (χ1) is 40.6. The number of nitrogens with one attached hydrogen (secondary N) is 1. The topological polar surface area (TPSA) is 201 Å². The highest BCUT2D eigenvalue weighted by Crippen LogP contribution is 2.46. The van der Waals surface area contributed by atoms with Gasteiger partial charge in [-0.05, 0) is 106 Å². The molecule has 0 radical (unpaired) electrons. The summed E-state index contributed by atoms with van der Waals surface area (Å²) in [6, 6.07) is 25.4. The number of aliphatic hydroxyl groups excluding tert-OH is 1. The minimum atomic E-state index is -0.333. The van der Waals surface area contributed by atoms with Crippen LogP contribution < -0.4 is 24.9 Å². The number of pyridine rings is 2. The fourth-order valence-electron chi connectivity index (χ4n) is 12.1. The standard InChI is InChI=1S/C31H32FN7O3S.C26H26FN7S.C4H8O2.CH4/c1-4-24-28(36(3)29-34-27(26(13-33)43-29)20-5-7-21(32)8-6-20)25-12-22(11-19(2)39(25)35-24)37-15-31(16-37)17-38(18-31)30(40)42-23-9-10-41-14-23;1-4-20-24(32(3)25-30-23(22(11-28)35-25)17-5-7-18(27)8-6-17)21-10-19(9-16(2)34(21)31-20)33-14-26(15-33)12-29-13-26;5-4-1-2-6-3-4;/h5-8,11-12,23H,4,9-10,14-18H2,1-3H3;5-10,29H,4,12-15H2,1-3H3;4-5H,1-3H2;1H4. The molecule has 2 unspecified atom stereocenters. The summed E-state index contributed by atoms with van der Waals surface area (Å²) >= 11 is 2.65. The third-order valence-corrected chi connectivity index (χ3v) is 18.7. The summed E-state index contributed by atoms with van der Waals surface area (Å²) in [6.45, 7) is 18.3. The van der Waals surface area contributed by atoms with Crippen LogP contribution in [0.3, 0.4) is 0 Å². The molecule has 0 aliphatic carbocycles. The van der Waals surface area contributed by atoms with E-state index in [4.69, 9.17) is 39.5 Å². The van der Waals surface area contributed by atoms with Gasteiger partial charge < -0.3 is 49.1 Å². The lowest BCUT2D eigenvalue weighted by atomic mass is 9.73. The van der Waals surface area contributed by atoms with Gasteiger partial charge in [-0.1, -0.05) is 43.9 Å². The molecule has 444 valence electrons. The second-order valence-electron chi connectivity index (χ2n) is 22.9. The number of halogens is 2. The highest BCUT2D eigenvalue weighted by Gasteiger charge is 2.54. The average molecular weight is 1190 g/mol. The van der Waals surface area contributed by atoms with E-state index in [1.807, 2.05) is 32.9 Å². The van der Waals surface area contributed by atoms with Crippen molar-refractivity contribution in [1.29, 1.82) is 10.5 Å². The molecule has 6 aliphatic rings. The van der Waals surface area contributed by atoms with Gasteiger partial charge in [0.2, 0.25) is 0 Å². The minimum absolute atomic E-state index is 0. The number of anilines is 6. The van der Waals surface area contributed by atoms with Crippen molar-refractivity contribution in [3.05, 3.63) is 117 Å². The Bertz CT molecular complexity index is 3830. The lowest BCUT2D eigenvalue weighted by Crippen LogP contribution is -2.73. The molecule has 2 aromatic carbocycles. The first-order valence-electron chi connectivity index (χ1n) is 28.4. The van der Waals surface area contributed by atoms with Gasteiger partial charge in [-0.15, -0.1) is 0 Å². The van der Waals surface area contributed by atoms with Crippen LogP contribution in [0.2, 0.25) is 0 Å². The van der Waals surface area contributed by atoms with Crippen molar-refractivity contribution in [3.8, 4) is 34.7 Å². The molecule has 6 saturated heterocycles. The maximum Gasteiger partial charge on any atom is 0.410 e. The molecular formula is C62H70F2N14O5S2. The molecule has 12 heterocycles. The SMILES string of the molecule is C.CCc1nn2c(C)cc(N3CC4(CN(C(=O)OC5CCOC5)C4)C3)cc2c1N(C)c1nc(-c2ccc(F)cc2)c(C#N)s1.CCc1nn2c(C)cc(N3CC4(CNC4)C3)cc2c1N(C)c1nc(-c2ccc(F)cc2)c(C#N)s1.OC1CCOC1. The van der Waals surface area contributed by atoms with Gasteiger partial charge in [0.25, 0.3) is 0 Å². The van der Waals surface area contributed by atoms with E-state index in [-0.39, 0.29) is 42.8 Å². The van der Waals surface area contributed by atoms with Crippen LogP contribution >= 0.6 is 22.7 Å². The molecular weight excluding hydrogens is 1120 g/mol. The number of fused-ring (bicyclic) bond motifs is 2. The summed E-state index contributed by atoms with van der Waals surface area (Å²) in [5.74, 6) is -0.647. The highest BCUT2D eigenvalue weighted by molar-refractivity contribution is 7.17. The predicted molar refractivity (Wildman–Crippen MR) is 327 cm³/mol. The van der Waals surface area contributed by atoms with Crippen LogP contribution in [0.25, 0.3) is 33.5 Å². The number of aromatic nitrogens is 6. The number of amides is 1. The third kappa shape index (κ3) is 11.4. The van der Waals surface area contributed by atoms with E-state index in [1.54, 1.807) is 29.2 Å². The van der Waals surface area contributed by atoms with E-state index >= 15 is 0 Å². The van der Waals surface area contributed by atoms with E-state index < -0.39 is 0 Å². The minimum Gasteiger partial charge on any atom is -0.444 e. The third-order valence-electron chi connectivity index (χ3n) is 16.7. The van der Waals surface area contributed by atoms with Gasteiger partial charge in [0, 0.05) is 124 Å². The molecule has 8 aromatic rings. The zero-order chi connectivity index (χ0) is 58.6. The Balaban J connectivity index is 0.000000162. The van der Waals surface area contributed by atoms with Gasteiger partial charge in [-0.2, -0.15) is 20.7 Å². The van der Waals surface area contributed by atoms with Crippen molar-refractivity contribution in [2.45, 2.75) is 73.0 Å².